The Hall–Kier alpha value is -2.37. The summed E-state index contributed by atoms with van der Waals surface area (Å²) >= 11 is 0. The molecular formula is C11H10FN3O2. The van der Waals surface area contributed by atoms with E-state index in [2.05, 4.69) is 15.0 Å². The van der Waals surface area contributed by atoms with Gasteiger partial charge in [-0.15, -0.1) is 0 Å². The highest BCUT2D eigenvalue weighted by molar-refractivity contribution is 6.04. The summed E-state index contributed by atoms with van der Waals surface area (Å²) in [4.78, 5) is 11.7. The van der Waals surface area contributed by atoms with E-state index in [1.54, 1.807) is 6.92 Å². The van der Waals surface area contributed by atoms with Crippen molar-refractivity contribution in [3.63, 3.8) is 0 Å². The van der Waals surface area contributed by atoms with Gasteiger partial charge in [0.05, 0.1) is 5.56 Å². The topological polar surface area (TPSA) is 81.2 Å². The van der Waals surface area contributed by atoms with Crippen LogP contribution in [-0.2, 0) is 0 Å². The molecule has 1 heterocycles. The molecule has 0 radical (unpaired) electrons. The quantitative estimate of drug-likeness (QED) is 0.779. The molecule has 1 aromatic heterocycles. The number of anilines is 2. The molecule has 0 aliphatic carbocycles. The average Bonchev–Trinajstić information content (AvgIpc) is 2.76. The lowest BCUT2D eigenvalue weighted by atomic mass is 10.1. The molecule has 0 saturated heterocycles. The molecule has 5 nitrogen and oxygen atoms in total. The molecule has 0 atom stereocenters. The molecule has 0 aliphatic rings. The largest absolute Gasteiger partial charge is 0.399 e. The van der Waals surface area contributed by atoms with Gasteiger partial charge in [-0.25, -0.2) is 4.39 Å². The maximum absolute atomic E-state index is 13.7. The number of aromatic nitrogens is 1. The summed E-state index contributed by atoms with van der Waals surface area (Å²) < 4.78 is 18.2. The molecule has 0 aliphatic heterocycles. The van der Waals surface area contributed by atoms with Crippen molar-refractivity contribution in [2.45, 2.75) is 6.92 Å². The normalized spacial score (nSPS) is 10.2. The van der Waals surface area contributed by atoms with Gasteiger partial charge >= 0.3 is 0 Å². The summed E-state index contributed by atoms with van der Waals surface area (Å²) in [5.41, 5.74) is 6.08. The van der Waals surface area contributed by atoms with Crippen molar-refractivity contribution in [3.8, 4) is 0 Å². The molecule has 88 valence electrons. The predicted molar refractivity (Wildman–Crippen MR) is 60.0 cm³/mol. The van der Waals surface area contributed by atoms with Crippen LogP contribution in [0.3, 0.4) is 0 Å². The Bertz CT molecular complexity index is 552. The van der Waals surface area contributed by atoms with E-state index in [-0.39, 0.29) is 11.4 Å². The van der Waals surface area contributed by atoms with E-state index in [4.69, 9.17) is 5.73 Å². The average molecular weight is 235 g/mol. The van der Waals surface area contributed by atoms with Gasteiger partial charge in [0.1, 0.15) is 12.1 Å². The number of nitrogens with one attached hydrogen (secondary N) is 1. The Kier molecular flexibility index (Phi) is 2.78. The summed E-state index contributed by atoms with van der Waals surface area (Å²) in [5, 5.41) is 5.89. The third-order valence-corrected chi connectivity index (χ3v) is 2.20. The highest BCUT2D eigenvalue weighted by Gasteiger charge is 2.15. The van der Waals surface area contributed by atoms with E-state index in [0.717, 1.165) is 0 Å². The zero-order chi connectivity index (χ0) is 12.4. The number of rotatable bonds is 2. The summed E-state index contributed by atoms with van der Waals surface area (Å²) in [7, 11) is 0. The Balaban J connectivity index is 2.31. The van der Waals surface area contributed by atoms with Gasteiger partial charge in [0.2, 0.25) is 0 Å². The molecule has 0 unspecified atom stereocenters. The van der Waals surface area contributed by atoms with E-state index in [1.807, 2.05) is 0 Å². The molecule has 0 fully saturated rings. The third kappa shape index (κ3) is 2.25. The highest BCUT2D eigenvalue weighted by Crippen LogP contribution is 2.18. The van der Waals surface area contributed by atoms with Crippen LogP contribution in [0.15, 0.2) is 29.0 Å². The molecule has 1 aromatic carbocycles. The first kappa shape index (κ1) is 11.1. The van der Waals surface area contributed by atoms with Crippen LogP contribution in [0, 0.1) is 12.7 Å². The number of carbonyl (C=O) groups excluding carboxylic acids is 1. The molecule has 2 rings (SSSR count). The monoisotopic (exact) mass is 235 g/mol. The van der Waals surface area contributed by atoms with Gasteiger partial charge in [-0.1, -0.05) is 5.16 Å². The van der Waals surface area contributed by atoms with Crippen LogP contribution < -0.4 is 11.1 Å². The molecule has 0 spiro atoms. The van der Waals surface area contributed by atoms with Crippen molar-refractivity contribution in [2.24, 2.45) is 0 Å². The van der Waals surface area contributed by atoms with E-state index in [0.29, 0.717) is 11.3 Å². The second-order valence-electron chi connectivity index (χ2n) is 3.54. The zero-order valence-corrected chi connectivity index (χ0v) is 9.03. The number of aryl methyl sites for hydroxylation is 1. The van der Waals surface area contributed by atoms with Gasteiger partial charge in [0.15, 0.2) is 5.82 Å². The summed E-state index contributed by atoms with van der Waals surface area (Å²) in [6.45, 7) is 1.54. The number of hydrogen-bond acceptors (Lipinski definition) is 4. The first-order valence-electron chi connectivity index (χ1n) is 4.85. The Labute approximate surface area is 96.4 Å². The summed E-state index contributed by atoms with van der Waals surface area (Å²) in [6.07, 6.45) is 1.30. The predicted octanol–water partition coefficient (Wildman–Crippen LogP) is 1.96. The first-order chi connectivity index (χ1) is 8.08. The van der Waals surface area contributed by atoms with Crippen LogP contribution in [0.4, 0.5) is 15.9 Å². The first-order valence-corrected chi connectivity index (χ1v) is 4.85. The van der Waals surface area contributed by atoms with E-state index >= 15 is 0 Å². The van der Waals surface area contributed by atoms with Crippen LogP contribution in [0.2, 0.25) is 0 Å². The second-order valence-corrected chi connectivity index (χ2v) is 3.54. The third-order valence-electron chi connectivity index (χ3n) is 2.20. The minimum absolute atomic E-state index is 0.120. The minimum atomic E-state index is -0.619. The standard InChI is InChI=1S/C11H10FN3O2/c1-6-4-7(13)5-8(10(6)12)11(16)14-9-2-3-17-15-9/h2-5H,13H2,1H3,(H,14,15,16). The molecule has 6 heteroatoms. The van der Waals surface area contributed by atoms with Crippen LogP contribution in [0.25, 0.3) is 0 Å². The Morgan fingerprint density at radius 2 is 2.29 bits per heavy atom. The number of carbonyl (C=O) groups is 1. The molecule has 0 saturated carbocycles. The van der Waals surface area contributed by atoms with Crippen LogP contribution in [-0.4, -0.2) is 11.1 Å². The van der Waals surface area contributed by atoms with Crippen LogP contribution in [0.1, 0.15) is 15.9 Å². The number of benzene rings is 1. The van der Waals surface area contributed by atoms with Crippen molar-refractivity contribution in [2.75, 3.05) is 11.1 Å². The second kappa shape index (κ2) is 4.25. The van der Waals surface area contributed by atoms with Crippen molar-refractivity contribution in [1.82, 2.24) is 5.16 Å². The van der Waals surface area contributed by atoms with Crippen molar-refractivity contribution >= 4 is 17.4 Å². The number of nitrogens with two attached hydrogens (primary N) is 1. The smallest absolute Gasteiger partial charge is 0.259 e. The Morgan fingerprint density at radius 3 is 2.94 bits per heavy atom. The van der Waals surface area contributed by atoms with Crippen LogP contribution >= 0.6 is 0 Å². The van der Waals surface area contributed by atoms with Gasteiger partial charge in [0, 0.05) is 11.8 Å². The van der Waals surface area contributed by atoms with Gasteiger partial charge in [-0.2, -0.15) is 0 Å². The van der Waals surface area contributed by atoms with Gasteiger partial charge in [0.25, 0.3) is 5.91 Å². The fourth-order valence-electron chi connectivity index (χ4n) is 1.42. The van der Waals surface area contributed by atoms with Gasteiger partial charge in [-0.05, 0) is 24.6 Å². The maximum atomic E-state index is 13.7. The fraction of sp³-hybridized carbons (Fsp3) is 0.0909. The fourth-order valence-corrected chi connectivity index (χ4v) is 1.42. The molecule has 17 heavy (non-hydrogen) atoms. The molecular weight excluding hydrogens is 225 g/mol. The lowest BCUT2D eigenvalue weighted by molar-refractivity contribution is 0.102. The van der Waals surface area contributed by atoms with Gasteiger partial charge < -0.3 is 15.6 Å². The van der Waals surface area contributed by atoms with E-state index in [9.17, 15) is 9.18 Å². The molecule has 0 bridgehead atoms. The van der Waals surface area contributed by atoms with Crippen molar-refractivity contribution in [3.05, 3.63) is 41.4 Å². The lowest BCUT2D eigenvalue weighted by Crippen LogP contribution is -2.15. The van der Waals surface area contributed by atoms with Crippen molar-refractivity contribution < 1.29 is 13.7 Å². The van der Waals surface area contributed by atoms with Crippen LogP contribution in [0.5, 0.6) is 0 Å². The van der Waals surface area contributed by atoms with Crippen molar-refractivity contribution in [1.29, 1.82) is 0 Å². The number of amides is 1. The SMILES string of the molecule is Cc1cc(N)cc(C(=O)Nc2ccon2)c1F. The number of halogens is 1. The van der Waals surface area contributed by atoms with E-state index < -0.39 is 11.7 Å². The minimum Gasteiger partial charge on any atom is -0.399 e. The number of nitrogen functional groups attached to an aromatic ring is 1. The highest BCUT2D eigenvalue weighted by atomic mass is 19.1. The summed E-state index contributed by atoms with van der Waals surface area (Å²) in [6, 6.07) is 4.19. The molecule has 3 N–H and O–H groups in total. The summed E-state index contributed by atoms with van der Waals surface area (Å²) in [5.74, 6) is -0.999. The zero-order valence-electron chi connectivity index (χ0n) is 9.03. The maximum Gasteiger partial charge on any atom is 0.259 e. The molecule has 1 amide bonds. The Morgan fingerprint density at radius 1 is 1.53 bits per heavy atom. The van der Waals surface area contributed by atoms with Gasteiger partial charge in [-0.3, -0.25) is 4.79 Å². The lowest BCUT2D eigenvalue weighted by Gasteiger charge is -2.06. The van der Waals surface area contributed by atoms with E-state index in [1.165, 1.54) is 24.5 Å². The molecule has 2 aromatic rings. The number of hydrogen-bond donors (Lipinski definition) is 2. The number of nitrogens with zero attached hydrogens (tertiary/aromatic N) is 1.